The summed E-state index contributed by atoms with van der Waals surface area (Å²) in [5, 5.41) is 3.51. The Morgan fingerprint density at radius 1 is 1.22 bits per heavy atom. The SMILES string of the molecule is Cc1noc(C)c1S(=O)(=O)NNC(=O)Cc1cc(F)cc(F)c1. The third-order valence-electron chi connectivity index (χ3n) is 2.85. The number of sulfonamides is 1. The predicted molar refractivity (Wildman–Crippen MR) is 74.5 cm³/mol. The van der Waals surface area contributed by atoms with E-state index < -0.39 is 34.0 Å². The molecule has 1 aromatic carbocycles. The Labute approximate surface area is 130 Å². The fourth-order valence-electron chi connectivity index (χ4n) is 1.98. The Morgan fingerprint density at radius 3 is 2.35 bits per heavy atom. The van der Waals surface area contributed by atoms with Crippen LogP contribution in [0.3, 0.4) is 0 Å². The first-order chi connectivity index (χ1) is 10.7. The fourth-order valence-corrected chi connectivity index (χ4v) is 3.17. The van der Waals surface area contributed by atoms with Gasteiger partial charge < -0.3 is 4.52 Å². The molecule has 0 aliphatic rings. The molecule has 124 valence electrons. The summed E-state index contributed by atoms with van der Waals surface area (Å²) in [4.78, 5) is 13.4. The third kappa shape index (κ3) is 4.11. The largest absolute Gasteiger partial charge is 0.360 e. The van der Waals surface area contributed by atoms with Gasteiger partial charge in [-0.3, -0.25) is 10.2 Å². The number of halogens is 2. The number of hydrogen-bond donors (Lipinski definition) is 2. The summed E-state index contributed by atoms with van der Waals surface area (Å²) in [6.07, 6.45) is -0.404. The minimum absolute atomic E-state index is 0.0662. The molecule has 23 heavy (non-hydrogen) atoms. The van der Waals surface area contributed by atoms with Crippen molar-refractivity contribution in [3.05, 3.63) is 46.9 Å². The van der Waals surface area contributed by atoms with Gasteiger partial charge in [-0.25, -0.2) is 17.2 Å². The normalized spacial score (nSPS) is 11.5. The molecule has 0 atom stereocenters. The van der Waals surface area contributed by atoms with Crippen molar-refractivity contribution >= 4 is 15.9 Å². The van der Waals surface area contributed by atoms with Gasteiger partial charge in [0, 0.05) is 6.07 Å². The number of aromatic nitrogens is 1. The number of hydrogen-bond acceptors (Lipinski definition) is 5. The lowest BCUT2D eigenvalue weighted by Gasteiger charge is -2.08. The molecule has 7 nitrogen and oxygen atoms in total. The average molecular weight is 345 g/mol. The maximum Gasteiger partial charge on any atom is 0.262 e. The monoisotopic (exact) mass is 345 g/mol. The highest BCUT2D eigenvalue weighted by Crippen LogP contribution is 2.17. The summed E-state index contributed by atoms with van der Waals surface area (Å²) in [5.74, 6) is -2.38. The summed E-state index contributed by atoms with van der Waals surface area (Å²) in [7, 11) is -4.07. The van der Waals surface area contributed by atoms with Gasteiger partial charge in [-0.15, -0.1) is 4.83 Å². The second-order valence-corrected chi connectivity index (χ2v) is 6.38. The van der Waals surface area contributed by atoms with Crippen LogP contribution in [0, 0.1) is 25.5 Å². The topological polar surface area (TPSA) is 101 Å². The minimum atomic E-state index is -4.07. The maximum atomic E-state index is 13.0. The molecule has 1 aromatic heterocycles. The highest BCUT2D eigenvalue weighted by molar-refractivity contribution is 7.89. The van der Waals surface area contributed by atoms with Gasteiger partial charge in [0.25, 0.3) is 10.0 Å². The molecule has 10 heteroatoms. The zero-order chi connectivity index (χ0) is 17.2. The summed E-state index contributed by atoms with van der Waals surface area (Å²) < 4.78 is 54.9. The molecule has 0 fully saturated rings. The number of amides is 1. The number of carbonyl (C=O) groups excluding carboxylic acids is 1. The van der Waals surface area contributed by atoms with Crippen molar-refractivity contribution in [1.82, 2.24) is 15.4 Å². The Bertz CT molecular complexity index is 809. The summed E-state index contributed by atoms with van der Waals surface area (Å²) >= 11 is 0. The average Bonchev–Trinajstić information content (AvgIpc) is 2.75. The van der Waals surface area contributed by atoms with E-state index in [1.165, 1.54) is 13.8 Å². The van der Waals surface area contributed by atoms with E-state index in [9.17, 15) is 22.0 Å². The molecule has 0 spiro atoms. The number of nitrogens with zero attached hydrogens (tertiary/aromatic N) is 1. The van der Waals surface area contributed by atoms with Crippen LogP contribution in [0.4, 0.5) is 8.78 Å². The Balaban J connectivity index is 2.04. The van der Waals surface area contributed by atoms with Gasteiger partial charge >= 0.3 is 0 Å². The fraction of sp³-hybridized carbons (Fsp3) is 0.231. The number of rotatable bonds is 5. The molecule has 2 N–H and O–H groups in total. The van der Waals surface area contributed by atoms with Crippen LogP contribution in [0.1, 0.15) is 17.0 Å². The van der Waals surface area contributed by atoms with Gasteiger partial charge in [-0.05, 0) is 31.5 Å². The van der Waals surface area contributed by atoms with E-state index in [2.05, 4.69) is 5.16 Å². The van der Waals surface area contributed by atoms with Crippen LogP contribution in [0.2, 0.25) is 0 Å². The zero-order valence-electron chi connectivity index (χ0n) is 12.2. The molecular formula is C13H13F2N3O4S. The molecule has 2 rings (SSSR count). The summed E-state index contributed by atoms with van der Waals surface area (Å²) in [6, 6.07) is 2.62. The highest BCUT2D eigenvalue weighted by Gasteiger charge is 2.24. The Kier molecular flexibility index (Phi) is 4.76. The Hall–Kier alpha value is -2.33. The van der Waals surface area contributed by atoms with Crippen molar-refractivity contribution in [2.75, 3.05) is 0 Å². The van der Waals surface area contributed by atoms with Crippen LogP contribution in [0.25, 0.3) is 0 Å². The zero-order valence-corrected chi connectivity index (χ0v) is 13.0. The first kappa shape index (κ1) is 17.0. The number of aryl methyl sites for hydroxylation is 2. The van der Waals surface area contributed by atoms with Crippen LogP contribution in [0.5, 0.6) is 0 Å². The molecule has 0 bridgehead atoms. The van der Waals surface area contributed by atoms with E-state index in [0.29, 0.717) is 6.07 Å². The van der Waals surface area contributed by atoms with E-state index in [0.717, 1.165) is 12.1 Å². The third-order valence-corrected chi connectivity index (χ3v) is 4.34. The van der Waals surface area contributed by atoms with Crippen LogP contribution in [-0.2, 0) is 21.2 Å². The van der Waals surface area contributed by atoms with Crippen molar-refractivity contribution < 1.29 is 26.5 Å². The number of carbonyl (C=O) groups is 1. The lowest BCUT2D eigenvalue weighted by Crippen LogP contribution is -2.42. The quantitative estimate of drug-likeness (QED) is 0.791. The molecule has 1 heterocycles. The molecule has 0 radical (unpaired) electrons. The van der Waals surface area contributed by atoms with Gasteiger partial charge in [0.2, 0.25) is 5.91 Å². The lowest BCUT2D eigenvalue weighted by molar-refractivity contribution is -0.120. The molecule has 1 amide bonds. The predicted octanol–water partition coefficient (Wildman–Crippen LogP) is 1.12. The van der Waals surface area contributed by atoms with E-state index >= 15 is 0 Å². The van der Waals surface area contributed by atoms with E-state index in [4.69, 9.17) is 4.52 Å². The van der Waals surface area contributed by atoms with E-state index in [-0.39, 0.29) is 21.9 Å². The van der Waals surface area contributed by atoms with E-state index in [1.54, 1.807) is 0 Å². The van der Waals surface area contributed by atoms with Gasteiger partial charge in [0.05, 0.1) is 6.42 Å². The summed E-state index contributed by atoms with van der Waals surface area (Å²) in [6.45, 7) is 2.84. The molecule has 0 aliphatic heterocycles. The number of nitrogens with one attached hydrogen (secondary N) is 2. The van der Waals surface area contributed by atoms with Gasteiger partial charge in [0.15, 0.2) is 5.76 Å². The molecule has 0 saturated carbocycles. The van der Waals surface area contributed by atoms with Crippen molar-refractivity contribution in [2.45, 2.75) is 25.2 Å². The maximum absolute atomic E-state index is 13.0. The van der Waals surface area contributed by atoms with Crippen molar-refractivity contribution in [1.29, 1.82) is 0 Å². The van der Waals surface area contributed by atoms with Crippen molar-refractivity contribution in [3.8, 4) is 0 Å². The van der Waals surface area contributed by atoms with Crippen LogP contribution < -0.4 is 10.3 Å². The standard InChI is InChI=1S/C13H13F2N3O4S/c1-7-13(8(2)22-17-7)23(20,21)18-16-12(19)5-9-3-10(14)6-11(15)4-9/h3-4,6,18H,5H2,1-2H3,(H,16,19). The van der Waals surface area contributed by atoms with Gasteiger partial charge in [-0.1, -0.05) is 5.16 Å². The smallest absolute Gasteiger partial charge is 0.262 e. The Morgan fingerprint density at radius 2 is 1.83 bits per heavy atom. The van der Waals surface area contributed by atoms with Crippen LogP contribution in [-0.4, -0.2) is 19.5 Å². The molecule has 0 aliphatic carbocycles. The lowest BCUT2D eigenvalue weighted by atomic mass is 10.1. The second kappa shape index (κ2) is 6.42. The molecule has 0 saturated heterocycles. The van der Waals surface area contributed by atoms with Crippen LogP contribution >= 0.6 is 0 Å². The number of benzene rings is 1. The second-order valence-electron chi connectivity index (χ2n) is 4.76. The van der Waals surface area contributed by atoms with Crippen molar-refractivity contribution in [3.63, 3.8) is 0 Å². The first-order valence-corrected chi connectivity index (χ1v) is 7.86. The van der Waals surface area contributed by atoms with Crippen LogP contribution in [0.15, 0.2) is 27.6 Å². The van der Waals surface area contributed by atoms with Gasteiger partial charge in [0.1, 0.15) is 22.2 Å². The summed E-state index contributed by atoms with van der Waals surface area (Å²) in [5.41, 5.74) is 2.16. The highest BCUT2D eigenvalue weighted by atomic mass is 32.2. The van der Waals surface area contributed by atoms with Gasteiger partial charge in [-0.2, -0.15) is 0 Å². The molecule has 0 unspecified atom stereocenters. The molecular weight excluding hydrogens is 332 g/mol. The first-order valence-electron chi connectivity index (χ1n) is 6.37. The molecule has 2 aromatic rings. The van der Waals surface area contributed by atoms with Crippen molar-refractivity contribution in [2.24, 2.45) is 0 Å². The minimum Gasteiger partial charge on any atom is -0.360 e. The number of hydrazine groups is 1. The van der Waals surface area contributed by atoms with E-state index in [1.807, 2.05) is 10.3 Å².